The van der Waals surface area contributed by atoms with Crippen LogP contribution < -0.4 is 10.2 Å². The van der Waals surface area contributed by atoms with Gasteiger partial charge in [-0.2, -0.15) is 0 Å². The highest BCUT2D eigenvalue weighted by atomic mass is 19.1. The molecule has 0 atom stereocenters. The molecule has 0 radical (unpaired) electrons. The van der Waals surface area contributed by atoms with Crippen molar-refractivity contribution in [1.82, 2.24) is 10.3 Å². The Balaban J connectivity index is 1.73. The van der Waals surface area contributed by atoms with Crippen molar-refractivity contribution in [3.05, 3.63) is 24.3 Å². The van der Waals surface area contributed by atoms with Crippen LogP contribution in [0.2, 0.25) is 0 Å². The summed E-state index contributed by atoms with van der Waals surface area (Å²) in [6.45, 7) is 4.27. The van der Waals surface area contributed by atoms with E-state index in [1.54, 1.807) is 12.3 Å². The maximum absolute atomic E-state index is 12.9. The van der Waals surface area contributed by atoms with Crippen LogP contribution in [0, 0.1) is 11.2 Å². The Kier molecular flexibility index (Phi) is 1.56. The van der Waals surface area contributed by atoms with Crippen LogP contribution in [-0.2, 0) is 0 Å². The molecule has 0 aromatic carbocycles. The van der Waals surface area contributed by atoms with Crippen molar-refractivity contribution in [2.45, 2.75) is 0 Å². The van der Waals surface area contributed by atoms with Crippen molar-refractivity contribution in [3.8, 4) is 0 Å². The number of halogens is 1. The number of aromatic nitrogens is 1. The van der Waals surface area contributed by atoms with E-state index in [-0.39, 0.29) is 5.82 Å². The molecule has 2 saturated heterocycles. The molecule has 3 nitrogen and oxygen atoms in total. The summed E-state index contributed by atoms with van der Waals surface area (Å²) in [6.07, 6.45) is 2.96. The second-order valence-electron chi connectivity index (χ2n) is 4.32. The van der Waals surface area contributed by atoms with Gasteiger partial charge in [0.1, 0.15) is 5.82 Å². The van der Waals surface area contributed by atoms with Crippen LogP contribution in [0.1, 0.15) is 0 Å². The molecule has 1 N–H and O–H groups in total. The van der Waals surface area contributed by atoms with E-state index in [2.05, 4.69) is 15.2 Å². The van der Waals surface area contributed by atoms with Crippen LogP contribution in [0.5, 0.6) is 0 Å². The molecule has 0 unspecified atom stereocenters. The molecular formula is C10H12FN3. The first-order chi connectivity index (χ1) is 6.77. The Labute approximate surface area is 81.9 Å². The minimum absolute atomic E-state index is 0.254. The summed E-state index contributed by atoms with van der Waals surface area (Å²) in [5, 5.41) is 3.27. The highest BCUT2D eigenvalue weighted by molar-refractivity contribution is 5.48. The largest absolute Gasteiger partial charge is 0.369 e. The van der Waals surface area contributed by atoms with Crippen molar-refractivity contribution in [2.24, 2.45) is 5.41 Å². The highest BCUT2D eigenvalue weighted by Gasteiger charge is 2.47. The zero-order valence-corrected chi connectivity index (χ0v) is 7.83. The molecule has 4 heteroatoms. The number of nitrogens with zero attached hydrogens (tertiary/aromatic N) is 2. The number of rotatable bonds is 1. The number of hydrogen-bond acceptors (Lipinski definition) is 3. The lowest BCUT2D eigenvalue weighted by atomic mass is 9.74. The molecule has 3 heterocycles. The lowest BCUT2D eigenvalue weighted by Crippen LogP contribution is -2.71. The second-order valence-corrected chi connectivity index (χ2v) is 4.32. The molecule has 1 spiro atoms. The fraction of sp³-hybridized carbons (Fsp3) is 0.500. The van der Waals surface area contributed by atoms with Gasteiger partial charge in [0.2, 0.25) is 0 Å². The number of pyridine rings is 1. The Morgan fingerprint density at radius 1 is 1.36 bits per heavy atom. The summed E-state index contributed by atoms with van der Waals surface area (Å²) in [4.78, 5) is 6.02. The minimum atomic E-state index is -0.254. The van der Waals surface area contributed by atoms with Gasteiger partial charge in [-0.15, -0.1) is 0 Å². The predicted octanol–water partition coefficient (Wildman–Crippen LogP) is 0.630. The third-order valence-corrected chi connectivity index (χ3v) is 3.11. The van der Waals surface area contributed by atoms with Gasteiger partial charge in [0.05, 0.1) is 18.1 Å². The molecule has 0 amide bonds. The van der Waals surface area contributed by atoms with E-state index in [0.717, 1.165) is 31.9 Å². The molecule has 2 aliphatic rings. The molecule has 0 saturated carbocycles. The van der Waals surface area contributed by atoms with Crippen LogP contribution >= 0.6 is 0 Å². The number of anilines is 1. The first-order valence-electron chi connectivity index (χ1n) is 4.84. The van der Waals surface area contributed by atoms with Crippen LogP contribution in [0.15, 0.2) is 18.5 Å². The van der Waals surface area contributed by atoms with Gasteiger partial charge in [-0.05, 0) is 0 Å². The smallest absolute Gasteiger partial charge is 0.143 e. The van der Waals surface area contributed by atoms with Crippen LogP contribution in [-0.4, -0.2) is 31.2 Å². The molecule has 1 aromatic heterocycles. The van der Waals surface area contributed by atoms with E-state index in [9.17, 15) is 4.39 Å². The quantitative estimate of drug-likeness (QED) is 0.709. The summed E-state index contributed by atoms with van der Waals surface area (Å²) in [6, 6.07) is 1.55. The summed E-state index contributed by atoms with van der Waals surface area (Å²) >= 11 is 0. The second kappa shape index (κ2) is 2.67. The van der Waals surface area contributed by atoms with E-state index < -0.39 is 0 Å². The lowest BCUT2D eigenvalue weighted by molar-refractivity contribution is 0.121. The minimum Gasteiger partial charge on any atom is -0.369 e. The van der Waals surface area contributed by atoms with Gasteiger partial charge < -0.3 is 10.2 Å². The lowest BCUT2D eigenvalue weighted by Gasteiger charge is -2.56. The van der Waals surface area contributed by atoms with Gasteiger partial charge in [0.15, 0.2) is 0 Å². The SMILES string of the molecule is Fc1cncc(N2CC3(CNC3)C2)c1. The van der Waals surface area contributed by atoms with Crippen molar-refractivity contribution >= 4 is 5.69 Å². The van der Waals surface area contributed by atoms with Crippen LogP contribution in [0.4, 0.5) is 10.1 Å². The molecule has 74 valence electrons. The summed E-state index contributed by atoms with van der Waals surface area (Å²) < 4.78 is 12.9. The standard InChI is InChI=1S/C10H12FN3/c11-8-1-9(3-12-2-8)14-6-10(7-14)4-13-5-10/h1-3,13H,4-7H2. The number of hydrogen-bond donors (Lipinski definition) is 1. The fourth-order valence-electron chi connectivity index (χ4n) is 2.22. The zero-order chi connectivity index (χ0) is 9.60. The van der Waals surface area contributed by atoms with Gasteiger partial charge in [-0.3, -0.25) is 4.98 Å². The first-order valence-corrected chi connectivity index (χ1v) is 4.84. The topological polar surface area (TPSA) is 28.2 Å². The van der Waals surface area contributed by atoms with Gasteiger partial charge in [-0.25, -0.2) is 4.39 Å². The first kappa shape index (κ1) is 8.17. The Bertz CT molecular complexity index is 354. The Hall–Kier alpha value is -1.16. The highest BCUT2D eigenvalue weighted by Crippen LogP contribution is 2.36. The van der Waals surface area contributed by atoms with Gasteiger partial charge in [-0.1, -0.05) is 0 Å². The predicted molar refractivity (Wildman–Crippen MR) is 51.7 cm³/mol. The molecule has 0 bridgehead atoms. The molecule has 1 aromatic rings. The van der Waals surface area contributed by atoms with Crippen LogP contribution in [0.3, 0.4) is 0 Å². The van der Waals surface area contributed by atoms with Crippen LogP contribution in [0.25, 0.3) is 0 Å². The average molecular weight is 193 g/mol. The molecule has 14 heavy (non-hydrogen) atoms. The maximum Gasteiger partial charge on any atom is 0.143 e. The van der Waals surface area contributed by atoms with Crippen molar-refractivity contribution in [3.63, 3.8) is 0 Å². The van der Waals surface area contributed by atoms with E-state index in [4.69, 9.17) is 0 Å². The molecule has 0 aliphatic carbocycles. The summed E-state index contributed by atoms with van der Waals surface area (Å²) in [5.41, 5.74) is 1.38. The van der Waals surface area contributed by atoms with Gasteiger partial charge in [0, 0.05) is 37.7 Å². The average Bonchev–Trinajstić information content (AvgIpc) is 1.98. The molecule has 2 fully saturated rings. The van der Waals surface area contributed by atoms with Crippen molar-refractivity contribution in [1.29, 1.82) is 0 Å². The molecule has 2 aliphatic heterocycles. The molecule has 3 rings (SSSR count). The Morgan fingerprint density at radius 2 is 2.14 bits per heavy atom. The maximum atomic E-state index is 12.9. The number of nitrogens with one attached hydrogen (secondary N) is 1. The normalized spacial score (nSPS) is 23.1. The van der Waals surface area contributed by atoms with Gasteiger partial charge in [0.25, 0.3) is 0 Å². The van der Waals surface area contributed by atoms with Crippen molar-refractivity contribution < 1.29 is 4.39 Å². The fourth-order valence-corrected chi connectivity index (χ4v) is 2.22. The van der Waals surface area contributed by atoms with Crippen molar-refractivity contribution in [2.75, 3.05) is 31.1 Å². The van der Waals surface area contributed by atoms with E-state index in [1.807, 2.05) is 0 Å². The zero-order valence-electron chi connectivity index (χ0n) is 7.83. The Morgan fingerprint density at radius 3 is 2.71 bits per heavy atom. The van der Waals surface area contributed by atoms with E-state index >= 15 is 0 Å². The summed E-state index contributed by atoms with van der Waals surface area (Å²) in [7, 11) is 0. The third kappa shape index (κ3) is 1.10. The van der Waals surface area contributed by atoms with E-state index in [0.29, 0.717) is 5.41 Å². The van der Waals surface area contributed by atoms with Gasteiger partial charge >= 0.3 is 0 Å². The third-order valence-electron chi connectivity index (χ3n) is 3.11. The van der Waals surface area contributed by atoms with E-state index in [1.165, 1.54) is 6.20 Å². The molecular weight excluding hydrogens is 181 g/mol. The summed E-state index contributed by atoms with van der Waals surface area (Å²) in [5.74, 6) is -0.254. The monoisotopic (exact) mass is 193 g/mol.